The van der Waals surface area contributed by atoms with Crippen LogP contribution in [0.15, 0.2) is 0 Å². The van der Waals surface area contributed by atoms with Crippen molar-refractivity contribution >= 4 is 15.4 Å². The molecule has 0 amide bonds. The fourth-order valence-corrected chi connectivity index (χ4v) is 3.77. The van der Waals surface area contributed by atoms with Gasteiger partial charge in [0, 0.05) is 6.42 Å². The summed E-state index contributed by atoms with van der Waals surface area (Å²) in [4.78, 5) is 10.1. The molecular formula is C13H28BO7P. The topological polar surface area (TPSA) is 116 Å². The predicted octanol–water partition coefficient (Wildman–Crippen LogP) is -0.0545. The highest BCUT2D eigenvalue weighted by molar-refractivity contribution is 7.54. The molecule has 0 bridgehead atoms. The molecule has 130 valence electrons. The Morgan fingerprint density at radius 1 is 1.23 bits per heavy atom. The van der Waals surface area contributed by atoms with Gasteiger partial charge in [0.2, 0.25) is 0 Å². The molecule has 1 fully saturated rings. The molecule has 0 radical (unpaired) electrons. The van der Waals surface area contributed by atoms with Crippen molar-refractivity contribution in [1.29, 1.82) is 0 Å². The first kappa shape index (κ1) is 20.1. The fourth-order valence-electron chi connectivity index (χ4n) is 2.37. The highest BCUT2D eigenvalue weighted by atomic mass is 31.2. The average Bonchev–Trinajstić information content (AvgIpc) is 2.65. The molecule has 0 aromatic heterocycles. The monoisotopic (exact) mass is 338 g/mol. The second-order valence-electron chi connectivity index (χ2n) is 6.55. The van der Waals surface area contributed by atoms with Crippen LogP contribution < -0.4 is 0 Å². The van der Waals surface area contributed by atoms with Gasteiger partial charge in [-0.15, -0.1) is 0 Å². The zero-order valence-electron chi connectivity index (χ0n) is 13.9. The lowest BCUT2D eigenvalue weighted by atomic mass is 9.90. The van der Waals surface area contributed by atoms with E-state index in [1.807, 2.05) is 0 Å². The molecule has 1 rings (SSSR count). The molecule has 3 unspecified atom stereocenters. The third kappa shape index (κ3) is 4.12. The van der Waals surface area contributed by atoms with E-state index in [9.17, 15) is 24.8 Å². The maximum Gasteiger partial charge on any atom is 0.359 e. The van der Waals surface area contributed by atoms with E-state index in [0.717, 1.165) is 0 Å². The highest BCUT2D eigenvalue weighted by Gasteiger charge is 2.49. The van der Waals surface area contributed by atoms with E-state index in [0.29, 0.717) is 6.42 Å². The largest absolute Gasteiger partial charge is 0.388 e. The molecule has 1 heterocycles. The van der Waals surface area contributed by atoms with Crippen LogP contribution in [0.5, 0.6) is 0 Å². The second-order valence-corrected chi connectivity index (χ2v) is 8.74. The lowest BCUT2D eigenvalue weighted by Crippen LogP contribution is -2.40. The van der Waals surface area contributed by atoms with E-state index in [1.54, 1.807) is 28.6 Å². The Balaban J connectivity index is 2.87. The molecule has 0 saturated carbocycles. The molecule has 1 aliphatic rings. The first-order valence-electron chi connectivity index (χ1n) is 7.66. The third-order valence-corrected chi connectivity index (χ3v) is 6.83. The van der Waals surface area contributed by atoms with Gasteiger partial charge in [0.15, 0.2) is 5.34 Å². The van der Waals surface area contributed by atoms with Crippen molar-refractivity contribution in [3.63, 3.8) is 0 Å². The lowest BCUT2D eigenvalue weighted by Gasteiger charge is -2.37. The Morgan fingerprint density at radius 3 is 2.14 bits per heavy atom. The minimum absolute atomic E-state index is 0.0683. The van der Waals surface area contributed by atoms with E-state index in [2.05, 4.69) is 0 Å². The molecule has 9 heteroatoms. The lowest BCUT2D eigenvalue weighted by molar-refractivity contribution is -0.0444. The quantitative estimate of drug-likeness (QED) is 0.380. The first-order valence-corrected chi connectivity index (χ1v) is 9.24. The Morgan fingerprint density at radius 2 is 1.77 bits per heavy atom. The zero-order valence-corrected chi connectivity index (χ0v) is 14.8. The fraction of sp³-hybridized carbons (Fsp3) is 1.00. The van der Waals surface area contributed by atoms with E-state index in [4.69, 9.17) is 9.26 Å². The van der Waals surface area contributed by atoms with Crippen LogP contribution in [0, 0.1) is 0 Å². The summed E-state index contributed by atoms with van der Waals surface area (Å²) in [7, 11) is -2.64. The minimum atomic E-state index is -4.28. The van der Waals surface area contributed by atoms with Gasteiger partial charge in [-0.25, -0.2) is 0 Å². The summed E-state index contributed by atoms with van der Waals surface area (Å²) in [5.74, 6) is 0. The Kier molecular flexibility index (Phi) is 6.30. The van der Waals surface area contributed by atoms with Gasteiger partial charge in [0.25, 0.3) is 0 Å². The van der Waals surface area contributed by atoms with E-state index < -0.39 is 42.9 Å². The molecule has 1 saturated heterocycles. The van der Waals surface area contributed by atoms with Crippen LogP contribution in [0.4, 0.5) is 0 Å². The van der Waals surface area contributed by atoms with Crippen LogP contribution in [0.2, 0.25) is 0 Å². The number of hydrogen-bond acceptors (Lipinski definition) is 6. The van der Waals surface area contributed by atoms with Gasteiger partial charge in [-0.3, -0.25) is 4.57 Å². The Bertz CT molecular complexity index is 433. The third-order valence-electron chi connectivity index (χ3n) is 4.60. The van der Waals surface area contributed by atoms with Gasteiger partial charge in [-0.05, 0) is 26.7 Å². The SMILES string of the molecule is B[C@@H]1O[C@H](C[C@](C)(CC)OP(=O)(O)C(C)(O)CC)C(O)[C@@H]1O. The average molecular weight is 338 g/mol. The Labute approximate surface area is 132 Å². The zero-order chi connectivity index (χ0) is 17.3. The van der Waals surface area contributed by atoms with Crippen LogP contribution in [0.25, 0.3) is 0 Å². The molecule has 0 aromatic carbocycles. The van der Waals surface area contributed by atoms with Gasteiger partial charge >= 0.3 is 7.60 Å². The van der Waals surface area contributed by atoms with E-state index in [-0.39, 0.29) is 12.8 Å². The molecule has 7 atom stereocenters. The number of hydrogen-bond donors (Lipinski definition) is 4. The summed E-state index contributed by atoms with van der Waals surface area (Å²) in [5, 5.41) is 27.9. The molecule has 7 nitrogen and oxygen atoms in total. The number of aliphatic hydroxyl groups is 3. The van der Waals surface area contributed by atoms with Crippen molar-refractivity contribution in [3.05, 3.63) is 0 Å². The Hall–Kier alpha value is 0.0549. The van der Waals surface area contributed by atoms with Crippen molar-refractivity contribution in [2.45, 2.75) is 82.2 Å². The van der Waals surface area contributed by atoms with Crippen LogP contribution >= 0.6 is 7.60 Å². The van der Waals surface area contributed by atoms with Crippen LogP contribution in [-0.2, 0) is 13.8 Å². The van der Waals surface area contributed by atoms with Crippen molar-refractivity contribution in [3.8, 4) is 0 Å². The van der Waals surface area contributed by atoms with Gasteiger partial charge < -0.3 is 29.5 Å². The molecule has 1 aliphatic heterocycles. The van der Waals surface area contributed by atoms with Gasteiger partial charge in [-0.1, -0.05) is 13.8 Å². The van der Waals surface area contributed by atoms with Gasteiger partial charge in [0.1, 0.15) is 20.1 Å². The molecule has 0 aromatic rings. The smallest absolute Gasteiger partial charge is 0.359 e. The van der Waals surface area contributed by atoms with Gasteiger partial charge in [0.05, 0.1) is 17.7 Å². The van der Waals surface area contributed by atoms with Crippen molar-refractivity contribution in [2.24, 2.45) is 0 Å². The van der Waals surface area contributed by atoms with E-state index >= 15 is 0 Å². The normalized spacial score (nSPS) is 37.3. The van der Waals surface area contributed by atoms with Crippen molar-refractivity contribution in [1.82, 2.24) is 0 Å². The summed E-state index contributed by atoms with van der Waals surface area (Å²) in [6, 6.07) is -0.513. The standard InChI is InChI=1S/C13H28BO7P/c1-5-12(3,21-22(18,19)13(4,17)6-2)7-8-9(15)10(16)11(14)20-8/h8-11,15-17H,5-7,14H2,1-4H3,(H,18,19)/t8-,9?,10+,11-,12+,13?/m1/s1. The van der Waals surface area contributed by atoms with Crippen molar-refractivity contribution in [2.75, 3.05) is 0 Å². The van der Waals surface area contributed by atoms with E-state index in [1.165, 1.54) is 6.92 Å². The molecular weight excluding hydrogens is 310 g/mol. The predicted molar refractivity (Wildman–Crippen MR) is 84.4 cm³/mol. The molecule has 0 aliphatic carbocycles. The summed E-state index contributed by atoms with van der Waals surface area (Å²) < 4.78 is 23.3. The van der Waals surface area contributed by atoms with Crippen LogP contribution in [0.1, 0.15) is 47.0 Å². The second kappa shape index (κ2) is 6.89. The van der Waals surface area contributed by atoms with Crippen LogP contribution in [0.3, 0.4) is 0 Å². The number of rotatable bonds is 7. The summed E-state index contributed by atoms with van der Waals surface area (Å²) in [5.41, 5.74) is -1.07. The highest BCUT2D eigenvalue weighted by Crippen LogP contribution is 2.59. The summed E-state index contributed by atoms with van der Waals surface area (Å²) in [6.45, 7) is 6.27. The number of aliphatic hydroxyl groups excluding tert-OH is 2. The van der Waals surface area contributed by atoms with Gasteiger partial charge in [-0.2, -0.15) is 0 Å². The number of ether oxygens (including phenoxy) is 1. The first-order chi connectivity index (χ1) is 9.89. The molecule has 4 N–H and O–H groups in total. The van der Waals surface area contributed by atoms with Crippen LogP contribution in [-0.4, -0.2) is 63.3 Å². The molecule has 0 spiro atoms. The maximum atomic E-state index is 12.4. The minimum Gasteiger partial charge on any atom is -0.388 e. The van der Waals surface area contributed by atoms with Crippen molar-refractivity contribution < 1.29 is 34.0 Å². The molecule has 22 heavy (non-hydrogen) atoms. The summed E-state index contributed by atoms with van der Waals surface area (Å²) in [6.07, 6.45) is -2.18. The summed E-state index contributed by atoms with van der Waals surface area (Å²) >= 11 is 0. The maximum absolute atomic E-state index is 12.4.